The van der Waals surface area contributed by atoms with Crippen molar-refractivity contribution in [2.24, 2.45) is 0 Å². The smallest absolute Gasteiger partial charge is 0.338 e. The molecule has 2 aromatic rings. The molecule has 0 radical (unpaired) electrons. The summed E-state index contributed by atoms with van der Waals surface area (Å²) in [5.41, 5.74) is 1.98. The molecule has 32 heavy (non-hydrogen) atoms. The number of amides is 2. The van der Waals surface area contributed by atoms with Gasteiger partial charge >= 0.3 is 11.9 Å². The minimum atomic E-state index is -0.391. The highest BCUT2D eigenvalue weighted by atomic mass is 16.5. The zero-order valence-electron chi connectivity index (χ0n) is 18.9. The SMILES string of the molecule is CCNC(=O)c1ccc(C(=O)NCC)cc1.CCOC(=O)c1ccc(C(=O)OCC)cc1. The Morgan fingerprint density at radius 3 is 1.09 bits per heavy atom. The first-order chi connectivity index (χ1) is 15.4. The first-order valence-electron chi connectivity index (χ1n) is 10.5. The molecule has 0 aliphatic rings. The highest BCUT2D eigenvalue weighted by molar-refractivity contribution is 5.97. The average Bonchev–Trinajstić information content (AvgIpc) is 2.80. The van der Waals surface area contributed by atoms with Crippen LogP contribution in [-0.4, -0.2) is 50.1 Å². The predicted molar refractivity (Wildman–Crippen MR) is 121 cm³/mol. The highest BCUT2D eigenvalue weighted by Crippen LogP contribution is 2.07. The van der Waals surface area contributed by atoms with Gasteiger partial charge in [-0.1, -0.05) is 0 Å². The van der Waals surface area contributed by atoms with Crippen LogP contribution < -0.4 is 10.6 Å². The van der Waals surface area contributed by atoms with Crippen molar-refractivity contribution in [2.75, 3.05) is 26.3 Å². The molecule has 0 aromatic heterocycles. The molecule has 0 aliphatic carbocycles. The van der Waals surface area contributed by atoms with Gasteiger partial charge in [-0.15, -0.1) is 0 Å². The van der Waals surface area contributed by atoms with Crippen LogP contribution in [0.25, 0.3) is 0 Å². The van der Waals surface area contributed by atoms with Crippen molar-refractivity contribution in [3.05, 3.63) is 70.8 Å². The van der Waals surface area contributed by atoms with E-state index in [0.29, 0.717) is 48.6 Å². The van der Waals surface area contributed by atoms with Crippen LogP contribution in [0, 0.1) is 0 Å². The minimum absolute atomic E-state index is 0.120. The number of hydrogen-bond acceptors (Lipinski definition) is 6. The Kier molecular flexibility index (Phi) is 11.8. The van der Waals surface area contributed by atoms with Gasteiger partial charge in [-0.3, -0.25) is 9.59 Å². The second-order valence-electron chi connectivity index (χ2n) is 6.31. The van der Waals surface area contributed by atoms with E-state index in [-0.39, 0.29) is 11.8 Å². The van der Waals surface area contributed by atoms with Crippen LogP contribution in [0.5, 0.6) is 0 Å². The number of rotatable bonds is 8. The lowest BCUT2D eigenvalue weighted by Gasteiger charge is -2.04. The first kappa shape index (κ1) is 26.4. The van der Waals surface area contributed by atoms with Crippen molar-refractivity contribution in [2.45, 2.75) is 27.7 Å². The zero-order chi connectivity index (χ0) is 23.9. The molecular formula is C24H30N2O6. The highest BCUT2D eigenvalue weighted by Gasteiger charge is 2.10. The number of carbonyl (C=O) groups excluding carboxylic acids is 4. The molecule has 0 atom stereocenters. The standard InChI is InChI=1S/C12H16N2O2.C12H14O4/c1-3-13-11(15)9-5-7-10(8-6-9)12(16)14-4-2;1-3-15-11(13)9-5-7-10(8-6-9)12(14)16-4-2/h5-8H,3-4H2,1-2H3,(H,13,15)(H,14,16);5-8H,3-4H2,1-2H3. The molecule has 0 fully saturated rings. The van der Waals surface area contributed by atoms with E-state index in [4.69, 9.17) is 9.47 Å². The molecule has 0 bridgehead atoms. The molecule has 0 saturated heterocycles. The lowest BCUT2D eigenvalue weighted by molar-refractivity contribution is 0.0511. The summed E-state index contributed by atoms with van der Waals surface area (Å²) >= 11 is 0. The van der Waals surface area contributed by atoms with Gasteiger partial charge in [0.05, 0.1) is 24.3 Å². The van der Waals surface area contributed by atoms with Gasteiger partial charge in [0.2, 0.25) is 0 Å². The van der Waals surface area contributed by atoms with E-state index in [0.717, 1.165) is 0 Å². The molecule has 8 nitrogen and oxygen atoms in total. The molecule has 2 rings (SSSR count). The van der Waals surface area contributed by atoms with Gasteiger partial charge in [0.1, 0.15) is 0 Å². The largest absolute Gasteiger partial charge is 0.462 e. The molecule has 8 heteroatoms. The van der Waals surface area contributed by atoms with Crippen molar-refractivity contribution >= 4 is 23.8 Å². The molecular weight excluding hydrogens is 412 g/mol. The number of esters is 2. The number of benzene rings is 2. The van der Waals surface area contributed by atoms with Gasteiger partial charge in [0.15, 0.2) is 0 Å². The maximum atomic E-state index is 11.4. The molecule has 0 saturated carbocycles. The topological polar surface area (TPSA) is 111 Å². The Labute approximate surface area is 188 Å². The normalized spacial score (nSPS) is 9.62. The van der Waals surface area contributed by atoms with E-state index in [1.54, 1.807) is 62.4 Å². The maximum Gasteiger partial charge on any atom is 0.338 e. The molecule has 0 spiro atoms. The van der Waals surface area contributed by atoms with Gasteiger partial charge < -0.3 is 20.1 Å². The number of nitrogens with one attached hydrogen (secondary N) is 2. The molecule has 172 valence electrons. The third-order valence-electron chi connectivity index (χ3n) is 3.99. The Morgan fingerprint density at radius 2 is 0.844 bits per heavy atom. The Morgan fingerprint density at radius 1 is 0.562 bits per heavy atom. The summed E-state index contributed by atoms with van der Waals surface area (Å²) in [4.78, 5) is 45.5. The summed E-state index contributed by atoms with van der Waals surface area (Å²) in [5.74, 6) is -1.02. The Balaban J connectivity index is 0.000000320. The van der Waals surface area contributed by atoms with Gasteiger partial charge in [0, 0.05) is 24.2 Å². The van der Waals surface area contributed by atoms with Crippen LogP contribution in [0.2, 0.25) is 0 Å². The number of carbonyl (C=O) groups is 4. The maximum absolute atomic E-state index is 11.4. The summed E-state index contributed by atoms with van der Waals surface area (Å²) in [5, 5.41) is 5.39. The molecule has 0 aliphatic heterocycles. The third-order valence-corrected chi connectivity index (χ3v) is 3.99. The average molecular weight is 443 g/mol. The molecule has 2 aromatic carbocycles. The summed E-state index contributed by atoms with van der Waals surface area (Å²) in [7, 11) is 0. The molecule has 0 heterocycles. The van der Waals surface area contributed by atoms with Crippen molar-refractivity contribution in [1.29, 1.82) is 0 Å². The van der Waals surface area contributed by atoms with Crippen LogP contribution >= 0.6 is 0 Å². The van der Waals surface area contributed by atoms with E-state index in [9.17, 15) is 19.2 Å². The number of ether oxygens (including phenoxy) is 2. The van der Waals surface area contributed by atoms with Gasteiger partial charge in [-0.2, -0.15) is 0 Å². The fraction of sp³-hybridized carbons (Fsp3) is 0.333. The summed E-state index contributed by atoms with van der Waals surface area (Å²) < 4.78 is 9.64. The van der Waals surface area contributed by atoms with E-state index < -0.39 is 11.9 Å². The van der Waals surface area contributed by atoms with Gasteiger partial charge in [0.25, 0.3) is 11.8 Å². The third kappa shape index (κ3) is 8.59. The van der Waals surface area contributed by atoms with E-state index in [1.165, 1.54) is 0 Å². The van der Waals surface area contributed by atoms with Crippen molar-refractivity contribution in [1.82, 2.24) is 10.6 Å². The van der Waals surface area contributed by atoms with Crippen molar-refractivity contribution in [3.8, 4) is 0 Å². The lowest BCUT2D eigenvalue weighted by atomic mass is 10.1. The fourth-order valence-electron chi connectivity index (χ4n) is 2.47. The Bertz CT molecular complexity index is 742. The lowest BCUT2D eigenvalue weighted by Crippen LogP contribution is -2.24. The van der Waals surface area contributed by atoms with E-state index >= 15 is 0 Å². The van der Waals surface area contributed by atoms with Crippen LogP contribution in [0.15, 0.2) is 48.5 Å². The van der Waals surface area contributed by atoms with E-state index in [2.05, 4.69) is 10.6 Å². The quantitative estimate of drug-likeness (QED) is 0.608. The van der Waals surface area contributed by atoms with Crippen LogP contribution in [-0.2, 0) is 9.47 Å². The summed E-state index contributed by atoms with van der Waals surface area (Å²) in [6.45, 7) is 9.06. The zero-order valence-corrected chi connectivity index (χ0v) is 18.9. The Hall–Kier alpha value is -3.68. The van der Waals surface area contributed by atoms with Crippen LogP contribution in [0.3, 0.4) is 0 Å². The van der Waals surface area contributed by atoms with Crippen molar-refractivity contribution < 1.29 is 28.7 Å². The summed E-state index contributed by atoms with van der Waals surface area (Å²) in [6, 6.07) is 12.8. The second-order valence-corrected chi connectivity index (χ2v) is 6.31. The number of hydrogen-bond donors (Lipinski definition) is 2. The molecule has 2 amide bonds. The summed E-state index contributed by atoms with van der Waals surface area (Å²) in [6.07, 6.45) is 0. The molecule has 0 unspecified atom stereocenters. The van der Waals surface area contributed by atoms with Crippen molar-refractivity contribution in [3.63, 3.8) is 0 Å². The molecule has 2 N–H and O–H groups in total. The van der Waals surface area contributed by atoms with Crippen LogP contribution in [0.1, 0.15) is 69.1 Å². The first-order valence-corrected chi connectivity index (χ1v) is 10.5. The van der Waals surface area contributed by atoms with Gasteiger partial charge in [-0.05, 0) is 76.2 Å². The van der Waals surface area contributed by atoms with E-state index in [1.807, 2.05) is 13.8 Å². The minimum Gasteiger partial charge on any atom is -0.462 e. The van der Waals surface area contributed by atoms with Crippen LogP contribution in [0.4, 0.5) is 0 Å². The monoisotopic (exact) mass is 442 g/mol. The van der Waals surface area contributed by atoms with Gasteiger partial charge in [-0.25, -0.2) is 9.59 Å². The fourth-order valence-corrected chi connectivity index (χ4v) is 2.47. The second kappa shape index (κ2) is 14.3. The predicted octanol–water partition coefficient (Wildman–Crippen LogP) is 3.23.